The molecule has 3 nitrogen and oxygen atoms in total. The SMILES string of the molecule is CCC(C)N1CCNCc2ccc(OC)cc21. The Morgan fingerprint density at radius 2 is 2.29 bits per heavy atom. The van der Waals surface area contributed by atoms with Crippen LogP contribution in [0.4, 0.5) is 5.69 Å². The van der Waals surface area contributed by atoms with Gasteiger partial charge in [0.1, 0.15) is 5.75 Å². The molecule has 0 amide bonds. The van der Waals surface area contributed by atoms with Gasteiger partial charge in [0.15, 0.2) is 0 Å². The van der Waals surface area contributed by atoms with Gasteiger partial charge in [-0.15, -0.1) is 0 Å². The summed E-state index contributed by atoms with van der Waals surface area (Å²) < 4.78 is 5.34. The van der Waals surface area contributed by atoms with Crippen LogP contribution in [0.5, 0.6) is 5.75 Å². The second kappa shape index (κ2) is 5.41. The largest absolute Gasteiger partial charge is 0.497 e. The van der Waals surface area contributed by atoms with Crippen molar-refractivity contribution in [2.75, 3.05) is 25.1 Å². The number of nitrogens with one attached hydrogen (secondary N) is 1. The van der Waals surface area contributed by atoms with E-state index in [1.54, 1.807) is 7.11 Å². The van der Waals surface area contributed by atoms with E-state index in [0.29, 0.717) is 6.04 Å². The van der Waals surface area contributed by atoms with E-state index in [1.807, 2.05) is 6.07 Å². The maximum absolute atomic E-state index is 5.34. The van der Waals surface area contributed by atoms with Gasteiger partial charge in [0, 0.05) is 37.4 Å². The van der Waals surface area contributed by atoms with Crippen molar-refractivity contribution in [1.29, 1.82) is 0 Å². The summed E-state index contributed by atoms with van der Waals surface area (Å²) >= 11 is 0. The van der Waals surface area contributed by atoms with Crippen LogP contribution in [-0.2, 0) is 6.54 Å². The van der Waals surface area contributed by atoms with E-state index >= 15 is 0 Å². The molecule has 1 N–H and O–H groups in total. The molecule has 0 aliphatic carbocycles. The topological polar surface area (TPSA) is 24.5 Å². The average Bonchev–Trinajstić information content (AvgIpc) is 2.59. The predicted octanol–water partition coefficient (Wildman–Crippen LogP) is 2.40. The molecule has 0 fully saturated rings. The lowest BCUT2D eigenvalue weighted by Crippen LogP contribution is -2.36. The minimum Gasteiger partial charge on any atom is -0.497 e. The van der Waals surface area contributed by atoms with Crippen LogP contribution in [0, 0.1) is 0 Å². The zero-order chi connectivity index (χ0) is 12.3. The Bertz CT molecular complexity index is 378. The lowest BCUT2D eigenvalue weighted by atomic mass is 10.1. The molecule has 0 saturated heterocycles. The number of rotatable bonds is 3. The zero-order valence-corrected chi connectivity index (χ0v) is 11.0. The van der Waals surface area contributed by atoms with Crippen molar-refractivity contribution >= 4 is 5.69 Å². The summed E-state index contributed by atoms with van der Waals surface area (Å²) in [6.45, 7) is 7.58. The number of hydrogen-bond donors (Lipinski definition) is 1. The number of methoxy groups -OCH3 is 1. The number of ether oxygens (including phenoxy) is 1. The van der Waals surface area contributed by atoms with Crippen LogP contribution in [0.15, 0.2) is 18.2 Å². The molecule has 1 atom stereocenters. The Morgan fingerprint density at radius 3 is 3.00 bits per heavy atom. The summed E-state index contributed by atoms with van der Waals surface area (Å²) in [5.41, 5.74) is 2.69. The van der Waals surface area contributed by atoms with Gasteiger partial charge in [-0.05, 0) is 25.0 Å². The minimum atomic E-state index is 0.570. The predicted molar refractivity (Wildman–Crippen MR) is 71.8 cm³/mol. The summed E-state index contributed by atoms with van der Waals surface area (Å²) in [6, 6.07) is 6.94. The molecule has 1 aliphatic heterocycles. The minimum absolute atomic E-state index is 0.570. The smallest absolute Gasteiger partial charge is 0.120 e. The van der Waals surface area contributed by atoms with Crippen molar-refractivity contribution < 1.29 is 4.74 Å². The molecule has 0 aromatic heterocycles. The molecule has 3 heteroatoms. The molecule has 1 heterocycles. The van der Waals surface area contributed by atoms with Crippen LogP contribution in [0.3, 0.4) is 0 Å². The van der Waals surface area contributed by atoms with E-state index in [9.17, 15) is 0 Å². The van der Waals surface area contributed by atoms with Crippen LogP contribution in [0.1, 0.15) is 25.8 Å². The van der Waals surface area contributed by atoms with Gasteiger partial charge in [-0.25, -0.2) is 0 Å². The van der Waals surface area contributed by atoms with Crippen LogP contribution >= 0.6 is 0 Å². The van der Waals surface area contributed by atoms with Gasteiger partial charge in [0.2, 0.25) is 0 Å². The lowest BCUT2D eigenvalue weighted by molar-refractivity contribution is 0.414. The number of benzene rings is 1. The highest BCUT2D eigenvalue weighted by atomic mass is 16.5. The normalized spacial score (nSPS) is 17.2. The maximum Gasteiger partial charge on any atom is 0.120 e. The molecular weight excluding hydrogens is 212 g/mol. The Kier molecular flexibility index (Phi) is 3.89. The highest BCUT2D eigenvalue weighted by Crippen LogP contribution is 2.29. The maximum atomic E-state index is 5.34. The first kappa shape index (κ1) is 12.2. The molecule has 17 heavy (non-hydrogen) atoms. The molecule has 1 aromatic rings. The second-order valence-electron chi connectivity index (χ2n) is 4.62. The number of nitrogens with zero attached hydrogens (tertiary/aromatic N) is 1. The van der Waals surface area contributed by atoms with Gasteiger partial charge in [-0.2, -0.15) is 0 Å². The first-order chi connectivity index (χ1) is 8.26. The Hall–Kier alpha value is -1.22. The zero-order valence-electron chi connectivity index (χ0n) is 11.0. The molecule has 1 unspecified atom stereocenters. The third kappa shape index (κ3) is 2.55. The molecule has 0 radical (unpaired) electrons. The van der Waals surface area contributed by atoms with E-state index in [-0.39, 0.29) is 0 Å². The average molecular weight is 234 g/mol. The van der Waals surface area contributed by atoms with Crippen LogP contribution in [-0.4, -0.2) is 26.2 Å². The fourth-order valence-electron chi connectivity index (χ4n) is 2.31. The van der Waals surface area contributed by atoms with Gasteiger partial charge in [-0.1, -0.05) is 13.0 Å². The van der Waals surface area contributed by atoms with Crippen LogP contribution in [0.2, 0.25) is 0 Å². The number of hydrogen-bond acceptors (Lipinski definition) is 3. The summed E-state index contributed by atoms with van der Waals surface area (Å²) in [6.07, 6.45) is 1.16. The van der Waals surface area contributed by atoms with Crippen molar-refractivity contribution in [3.63, 3.8) is 0 Å². The van der Waals surface area contributed by atoms with Gasteiger partial charge in [-0.3, -0.25) is 0 Å². The highest BCUT2D eigenvalue weighted by Gasteiger charge is 2.19. The molecule has 0 bridgehead atoms. The molecule has 0 spiro atoms. The van der Waals surface area contributed by atoms with Crippen molar-refractivity contribution in [3.8, 4) is 5.75 Å². The van der Waals surface area contributed by atoms with E-state index in [1.165, 1.54) is 11.3 Å². The van der Waals surface area contributed by atoms with Gasteiger partial charge in [0.25, 0.3) is 0 Å². The monoisotopic (exact) mass is 234 g/mol. The first-order valence-corrected chi connectivity index (χ1v) is 6.40. The van der Waals surface area contributed by atoms with Crippen molar-refractivity contribution in [2.45, 2.75) is 32.9 Å². The van der Waals surface area contributed by atoms with Crippen LogP contribution in [0.25, 0.3) is 0 Å². The quantitative estimate of drug-likeness (QED) is 0.869. The summed E-state index contributed by atoms with van der Waals surface area (Å²) in [5, 5.41) is 3.47. The van der Waals surface area contributed by atoms with E-state index in [0.717, 1.165) is 31.8 Å². The van der Waals surface area contributed by atoms with E-state index in [2.05, 4.69) is 36.2 Å². The molecular formula is C14H22N2O. The summed E-state index contributed by atoms with van der Waals surface area (Å²) in [7, 11) is 1.73. The standard InChI is InChI=1S/C14H22N2O/c1-4-11(2)16-8-7-15-10-12-5-6-13(17-3)9-14(12)16/h5-6,9,11,15H,4,7-8,10H2,1-3H3. The molecule has 94 valence electrons. The van der Waals surface area contributed by atoms with Gasteiger partial charge < -0.3 is 15.0 Å². The molecule has 2 rings (SSSR count). The molecule has 1 aliphatic rings. The Balaban J connectivity index is 2.38. The van der Waals surface area contributed by atoms with Crippen molar-refractivity contribution in [3.05, 3.63) is 23.8 Å². The van der Waals surface area contributed by atoms with Crippen LogP contribution < -0.4 is 15.0 Å². The third-order valence-corrected chi connectivity index (χ3v) is 3.57. The lowest BCUT2D eigenvalue weighted by Gasteiger charge is -2.30. The fraction of sp³-hybridized carbons (Fsp3) is 0.571. The van der Waals surface area contributed by atoms with Gasteiger partial charge in [0.05, 0.1) is 7.11 Å². The summed E-state index contributed by atoms with van der Waals surface area (Å²) in [4.78, 5) is 2.48. The highest BCUT2D eigenvalue weighted by molar-refractivity contribution is 5.58. The molecule has 0 saturated carbocycles. The second-order valence-corrected chi connectivity index (χ2v) is 4.62. The third-order valence-electron chi connectivity index (χ3n) is 3.57. The van der Waals surface area contributed by atoms with E-state index < -0.39 is 0 Å². The Labute approximate surface area is 104 Å². The Morgan fingerprint density at radius 1 is 1.47 bits per heavy atom. The van der Waals surface area contributed by atoms with Crippen molar-refractivity contribution in [1.82, 2.24) is 5.32 Å². The number of anilines is 1. The van der Waals surface area contributed by atoms with E-state index in [4.69, 9.17) is 4.74 Å². The fourth-order valence-corrected chi connectivity index (χ4v) is 2.31. The van der Waals surface area contributed by atoms with Gasteiger partial charge >= 0.3 is 0 Å². The molecule has 1 aromatic carbocycles. The first-order valence-electron chi connectivity index (χ1n) is 6.40. The van der Waals surface area contributed by atoms with Crippen molar-refractivity contribution in [2.24, 2.45) is 0 Å². The summed E-state index contributed by atoms with van der Waals surface area (Å²) in [5.74, 6) is 0.943. The number of fused-ring (bicyclic) bond motifs is 1.